The van der Waals surface area contributed by atoms with Crippen LogP contribution in [0.25, 0.3) is 0 Å². The molecule has 0 amide bonds. The lowest BCUT2D eigenvalue weighted by Gasteiger charge is -2.10. The average Bonchev–Trinajstić information content (AvgIpc) is 2.82. The lowest BCUT2D eigenvalue weighted by Crippen LogP contribution is -2.09. The largest absolute Gasteiger partial charge is 0.472 e. The van der Waals surface area contributed by atoms with Gasteiger partial charge in [-0.15, -0.1) is 4.85 Å². The second-order valence-electron chi connectivity index (χ2n) is 3.62. The molecule has 0 saturated heterocycles. The van der Waals surface area contributed by atoms with Crippen molar-refractivity contribution in [2.24, 2.45) is 0 Å². The Morgan fingerprint density at radius 2 is 2.26 bits per heavy atom. The Labute approximate surface area is 117 Å². The van der Waals surface area contributed by atoms with Gasteiger partial charge in [0.2, 0.25) is 5.88 Å². The number of hydrogen-bond acceptors (Lipinski definition) is 5. The van der Waals surface area contributed by atoms with Crippen LogP contribution in [0, 0.1) is 0 Å². The summed E-state index contributed by atoms with van der Waals surface area (Å²) in [7, 11) is 1.32. The van der Waals surface area contributed by atoms with Crippen molar-refractivity contribution in [3.8, 4) is 5.88 Å². The molecule has 1 heterocycles. The summed E-state index contributed by atoms with van der Waals surface area (Å²) in [4.78, 5) is 12.3. The number of nitrogens with zero attached hydrogens (tertiary/aromatic N) is 2. The Hall–Kier alpha value is -2.02. The van der Waals surface area contributed by atoms with Gasteiger partial charge < -0.3 is 14.7 Å². The SMILES string of the molecule is COC(=O)c1cccc(Br)c1COc1ccn(O)n1. The highest BCUT2D eigenvalue weighted by Gasteiger charge is 2.15. The van der Waals surface area contributed by atoms with Crippen molar-refractivity contribution in [2.75, 3.05) is 7.11 Å². The monoisotopic (exact) mass is 326 g/mol. The fourth-order valence-electron chi connectivity index (χ4n) is 1.53. The number of ether oxygens (including phenoxy) is 2. The molecule has 0 unspecified atom stereocenters. The summed E-state index contributed by atoms with van der Waals surface area (Å²) >= 11 is 3.36. The minimum atomic E-state index is -0.437. The molecular formula is C12H11BrN2O4. The molecule has 2 aromatic rings. The summed E-state index contributed by atoms with van der Waals surface area (Å²) in [6.07, 6.45) is 1.34. The van der Waals surface area contributed by atoms with E-state index in [1.54, 1.807) is 18.2 Å². The van der Waals surface area contributed by atoms with E-state index in [9.17, 15) is 4.79 Å². The first kappa shape index (κ1) is 13.4. The third kappa shape index (κ3) is 3.05. The predicted molar refractivity (Wildman–Crippen MR) is 69.2 cm³/mol. The first-order valence-corrected chi connectivity index (χ1v) is 6.14. The second-order valence-corrected chi connectivity index (χ2v) is 4.47. The molecule has 1 aromatic carbocycles. The number of rotatable bonds is 4. The minimum Gasteiger partial charge on any atom is -0.472 e. The van der Waals surface area contributed by atoms with Gasteiger partial charge in [-0.1, -0.05) is 27.1 Å². The lowest BCUT2D eigenvalue weighted by molar-refractivity contribution is 0.0597. The summed E-state index contributed by atoms with van der Waals surface area (Å²) in [6, 6.07) is 6.70. The van der Waals surface area contributed by atoms with Gasteiger partial charge in [-0.3, -0.25) is 0 Å². The molecule has 2 rings (SSSR count). The molecule has 19 heavy (non-hydrogen) atoms. The predicted octanol–water partition coefficient (Wildman–Crippen LogP) is 2.25. The summed E-state index contributed by atoms with van der Waals surface area (Å²) in [5.41, 5.74) is 1.07. The molecule has 0 spiro atoms. The number of methoxy groups -OCH3 is 1. The molecule has 0 fully saturated rings. The smallest absolute Gasteiger partial charge is 0.338 e. The van der Waals surface area contributed by atoms with E-state index in [2.05, 4.69) is 21.0 Å². The maximum atomic E-state index is 11.6. The Kier molecular flexibility index (Phi) is 4.06. The number of esters is 1. The van der Waals surface area contributed by atoms with Crippen molar-refractivity contribution in [2.45, 2.75) is 6.61 Å². The van der Waals surface area contributed by atoms with Crippen LogP contribution in [0.3, 0.4) is 0 Å². The maximum absolute atomic E-state index is 11.6. The van der Waals surface area contributed by atoms with Gasteiger partial charge >= 0.3 is 5.97 Å². The van der Waals surface area contributed by atoms with E-state index in [1.807, 2.05) is 0 Å². The first-order chi connectivity index (χ1) is 9.11. The fraction of sp³-hybridized carbons (Fsp3) is 0.167. The van der Waals surface area contributed by atoms with Gasteiger partial charge in [-0.25, -0.2) is 4.79 Å². The van der Waals surface area contributed by atoms with Crippen LogP contribution in [0.5, 0.6) is 5.88 Å². The summed E-state index contributed by atoms with van der Waals surface area (Å²) in [5.74, 6) is -0.179. The number of benzene rings is 1. The molecular weight excluding hydrogens is 316 g/mol. The van der Waals surface area contributed by atoms with Crippen LogP contribution in [0.15, 0.2) is 34.9 Å². The molecule has 0 saturated carbocycles. The lowest BCUT2D eigenvalue weighted by atomic mass is 10.1. The van der Waals surface area contributed by atoms with Crippen molar-refractivity contribution < 1.29 is 19.5 Å². The van der Waals surface area contributed by atoms with Crippen LogP contribution in [0.1, 0.15) is 15.9 Å². The van der Waals surface area contributed by atoms with E-state index in [0.29, 0.717) is 16.0 Å². The zero-order valence-electron chi connectivity index (χ0n) is 10.0. The Balaban J connectivity index is 2.21. The van der Waals surface area contributed by atoms with Crippen LogP contribution >= 0.6 is 15.9 Å². The topological polar surface area (TPSA) is 73.6 Å². The standard InChI is InChI=1S/C12H11BrN2O4/c1-18-12(16)8-3-2-4-10(13)9(8)7-19-11-5-6-15(17)14-11/h2-6,17H,7H2,1H3. The minimum absolute atomic E-state index is 0.128. The van der Waals surface area contributed by atoms with Crippen LogP contribution < -0.4 is 4.74 Å². The number of aromatic nitrogens is 2. The van der Waals surface area contributed by atoms with Crippen LogP contribution in [0.2, 0.25) is 0 Å². The molecule has 0 atom stereocenters. The van der Waals surface area contributed by atoms with Gasteiger partial charge in [-0.05, 0) is 12.1 Å². The first-order valence-electron chi connectivity index (χ1n) is 5.35. The molecule has 0 aliphatic rings. The molecule has 0 bridgehead atoms. The molecule has 7 heteroatoms. The Morgan fingerprint density at radius 3 is 2.89 bits per heavy atom. The zero-order chi connectivity index (χ0) is 13.8. The highest BCUT2D eigenvalue weighted by Crippen LogP contribution is 2.23. The summed E-state index contributed by atoms with van der Waals surface area (Å²) in [6.45, 7) is 0.128. The zero-order valence-corrected chi connectivity index (χ0v) is 11.6. The van der Waals surface area contributed by atoms with Crippen molar-refractivity contribution >= 4 is 21.9 Å². The van der Waals surface area contributed by atoms with Crippen molar-refractivity contribution in [1.82, 2.24) is 9.94 Å². The van der Waals surface area contributed by atoms with Gasteiger partial charge in [0.15, 0.2) is 0 Å². The van der Waals surface area contributed by atoms with Crippen LogP contribution in [-0.2, 0) is 11.3 Å². The Morgan fingerprint density at radius 1 is 1.47 bits per heavy atom. The van der Waals surface area contributed by atoms with Gasteiger partial charge in [0, 0.05) is 16.1 Å². The number of carbonyl (C=O) groups excluding carboxylic acids is 1. The van der Waals surface area contributed by atoms with Gasteiger partial charge in [-0.2, -0.15) is 0 Å². The highest BCUT2D eigenvalue weighted by atomic mass is 79.9. The third-order valence-electron chi connectivity index (χ3n) is 2.44. The van der Waals surface area contributed by atoms with E-state index >= 15 is 0 Å². The highest BCUT2D eigenvalue weighted by molar-refractivity contribution is 9.10. The fourth-order valence-corrected chi connectivity index (χ4v) is 2.01. The van der Waals surface area contributed by atoms with E-state index in [4.69, 9.17) is 14.7 Å². The molecule has 1 aromatic heterocycles. The number of carbonyl (C=O) groups is 1. The van der Waals surface area contributed by atoms with Crippen molar-refractivity contribution in [1.29, 1.82) is 0 Å². The molecule has 1 N–H and O–H groups in total. The number of halogens is 1. The molecule has 100 valence electrons. The van der Waals surface area contributed by atoms with Gasteiger partial charge in [0.25, 0.3) is 0 Å². The molecule has 6 nitrogen and oxygen atoms in total. The van der Waals surface area contributed by atoms with E-state index in [0.717, 1.165) is 4.47 Å². The summed E-state index contributed by atoms with van der Waals surface area (Å²) < 4.78 is 10.8. The van der Waals surface area contributed by atoms with E-state index in [1.165, 1.54) is 19.4 Å². The quantitative estimate of drug-likeness (QED) is 0.689. The second kappa shape index (κ2) is 5.75. The van der Waals surface area contributed by atoms with Crippen LogP contribution in [0.4, 0.5) is 0 Å². The van der Waals surface area contributed by atoms with Crippen molar-refractivity contribution in [3.05, 3.63) is 46.1 Å². The summed E-state index contributed by atoms with van der Waals surface area (Å²) in [5, 5.41) is 12.7. The normalized spacial score (nSPS) is 10.2. The van der Waals surface area contributed by atoms with E-state index in [-0.39, 0.29) is 12.5 Å². The number of hydrogen-bond donors (Lipinski definition) is 1. The van der Waals surface area contributed by atoms with Gasteiger partial charge in [0.05, 0.1) is 18.9 Å². The van der Waals surface area contributed by atoms with Crippen molar-refractivity contribution in [3.63, 3.8) is 0 Å². The maximum Gasteiger partial charge on any atom is 0.338 e. The molecule has 0 aliphatic carbocycles. The average molecular weight is 327 g/mol. The Bertz CT molecular complexity index is 597. The van der Waals surface area contributed by atoms with Gasteiger partial charge in [0.1, 0.15) is 6.61 Å². The van der Waals surface area contributed by atoms with E-state index < -0.39 is 5.97 Å². The van der Waals surface area contributed by atoms with Crippen LogP contribution in [-0.4, -0.2) is 28.2 Å². The third-order valence-corrected chi connectivity index (χ3v) is 3.18. The molecule has 0 aliphatic heterocycles. The molecule has 0 radical (unpaired) electrons.